The SMILES string of the molecule is CCCO/C=C(\C)c1cccc(/C(C)=C/OCCOCCOC(C)C)c1. The van der Waals surface area contributed by atoms with Gasteiger partial charge >= 0.3 is 0 Å². The van der Waals surface area contributed by atoms with Gasteiger partial charge in [0, 0.05) is 0 Å². The fourth-order valence-corrected chi connectivity index (χ4v) is 2.18. The van der Waals surface area contributed by atoms with Gasteiger partial charge in [0.05, 0.1) is 45.1 Å². The highest BCUT2D eigenvalue weighted by atomic mass is 16.5. The molecule has 0 saturated heterocycles. The fourth-order valence-electron chi connectivity index (χ4n) is 2.18. The lowest BCUT2D eigenvalue weighted by atomic mass is 10.0. The molecule has 0 N–H and O–H groups in total. The molecular formula is C22H34O4. The van der Waals surface area contributed by atoms with E-state index < -0.39 is 0 Å². The van der Waals surface area contributed by atoms with Crippen molar-refractivity contribution in [2.45, 2.75) is 47.1 Å². The van der Waals surface area contributed by atoms with Crippen LogP contribution in [0.4, 0.5) is 0 Å². The van der Waals surface area contributed by atoms with Gasteiger partial charge in [-0.25, -0.2) is 0 Å². The van der Waals surface area contributed by atoms with E-state index in [-0.39, 0.29) is 6.10 Å². The summed E-state index contributed by atoms with van der Waals surface area (Å²) >= 11 is 0. The summed E-state index contributed by atoms with van der Waals surface area (Å²) in [6, 6.07) is 8.37. The van der Waals surface area contributed by atoms with Gasteiger partial charge in [0.25, 0.3) is 0 Å². The fraction of sp³-hybridized carbons (Fsp3) is 0.545. The van der Waals surface area contributed by atoms with Crippen molar-refractivity contribution < 1.29 is 18.9 Å². The molecule has 146 valence electrons. The number of hydrogen-bond donors (Lipinski definition) is 0. The van der Waals surface area contributed by atoms with Crippen molar-refractivity contribution in [3.8, 4) is 0 Å². The van der Waals surface area contributed by atoms with Crippen molar-refractivity contribution >= 4 is 11.1 Å². The zero-order chi connectivity index (χ0) is 19.2. The highest BCUT2D eigenvalue weighted by Crippen LogP contribution is 2.20. The maximum atomic E-state index is 5.59. The Morgan fingerprint density at radius 3 is 2.04 bits per heavy atom. The first-order valence-corrected chi connectivity index (χ1v) is 9.41. The maximum absolute atomic E-state index is 5.59. The lowest BCUT2D eigenvalue weighted by Gasteiger charge is -2.09. The Morgan fingerprint density at radius 1 is 0.885 bits per heavy atom. The Morgan fingerprint density at radius 2 is 1.46 bits per heavy atom. The molecule has 0 atom stereocenters. The molecule has 4 heteroatoms. The molecule has 0 aliphatic heterocycles. The van der Waals surface area contributed by atoms with Crippen molar-refractivity contribution in [1.29, 1.82) is 0 Å². The van der Waals surface area contributed by atoms with Crippen LogP contribution in [0, 0.1) is 0 Å². The van der Waals surface area contributed by atoms with E-state index in [1.54, 1.807) is 6.26 Å². The second-order valence-corrected chi connectivity index (χ2v) is 6.46. The van der Waals surface area contributed by atoms with Gasteiger partial charge in [-0.05, 0) is 62.5 Å². The minimum Gasteiger partial charge on any atom is -0.501 e. The molecule has 0 bridgehead atoms. The lowest BCUT2D eigenvalue weighted by molar-refractivity contribution is 0.00884. The van der Waals surface area contributed by atoms with Crippen LogP contribution in [0.3, 0.4) is 0 Å². The van der Waals surface area contributed by atoms with Crippen molar-refractivity contribution in [2.75, 3.05) is 33.0 Å². The number of rotatable bonds is 13. The molecular weight excluding hydrogens is 328 g/mol. The predicted molar refractivity (Wildman–Crippen MR) is 108 cm³/mol. The zero-order valence-electron chi connectivity index (χ0n) is 16.9. The molecule has 0 fully saturated rings. The Labute approximate surface area is 158 Å². The van der Waals surface area contributed by atoms with Crippen LogP contribution in [0.5, 0.6) is 0 Å². The first-order valence-electron chi connectivity index (χ1n) is 9.41. The van der Waals surface area contributed by atoms with Gasteiger partial charge in [0.2, 0.25) is 0 Å². The van der Waals surface area contributed by atoms with Gasteiger partial charge < -0.3 is 18.9 Å². The van der Waals surface area contributed by atoms with E-state index in [4.69, 9.17) is 18.9 Å². The van der Waals surface area contributed by atoms with Crippen LogP contribution >= 0.6 is 0 Å². The summed E-state index contributed by atoms with van der Waals surface area (Å²) in [7, 11) is 0. The normalized spacial score (nSPS) is 12.5. The molecule has 1 aromatic rings. The van der Waals surface area contributed by atoms with E-state index in [0.717, 1.165) is 35.3 Å². The standard InChI is InChI=1S/C22H34O4/c1-6-10-24-16-19(4)21-8-7-9-22(15-21)20(5)17-25-12-11-23-13-14-26-18(2)3/h7-9,15-18H,6,10-14H2,1-5H3/b19-16+,20-17+. The van der Waals surface area contributed by atoms with Gasteiger partial charge in [-0.2, -0.15) is 0 Å². The summed E-state index contributed by atoms with van der Waals surface area (Å²) in [6.07, 6.45) is 4.88. The minimum absolute atomic E-state index is 0.243. The molecule has 0 aromatic heterocycles. The topological polar surface area (TPSA) is 36.9 Å². The van der Waals surface area contributed by atoms with Crippen LogP contribution in [0.25, 0.3) is 11.1 Å². The molecule has 0 radical (unpaired) electrons. The Bertz CT molecular complexity index is 561. The van der Waals surface area contributed by atoms with Crippen LogP contribution < -0.4 is 0 Å². The molecule has 0 heterocycles. The second kappa shape index (κ2) is 13.4. The summed E-state index contributed by atoms with van der Waals surface area (Å²) in [5.41, 5.74) is 4.49. The number of allylic oxidation sites excluding steroid dienone is 2. The van der Waals surface area contributed by atoms with E-state index in [1.165, 1.54) is 0 Å². The summed E-state index contributed by atoms with van der Waals surface area (Å²) in [5, 5.41) is 0. The van der Waals surface area contributed by atoms with Gasteiger partial charge in [0.1, 0.15) is 6.61 Å². The third kappa shape index (κ3) is 9.64. The highest BCUT2D eigenvalue weighted by molar-refractivity contribution is 5.70. The summed E-state index contributed by atoms with van der Waals surface area (Å²) in [4.78, 5) is 0. The first-order chi connectivity index (χ1) is 12.5. The molecule has 0 aliphatic rings. The number of ether oxygens (including phenoxy) is 4. The second-order valence-electron chi connectivity index (χ2n) is 6.46. The van der Waals surface area contributed by atoms with Gasteiger partial charge in [-0.15, -0.1) is 0 Å². The Hall–Kier alpha value is -1.78. The molecule has 0 saturated carbocycles. The van der Waals surface area contributed by atoms with Crippen molar-refractivity contribution in [2.24, 2.45) is 0 Å². The highest BCUT2D eigenvalue weighted by Gasteiger charge is 2.01. The predicted octanol–water partition coefficient (Wildman–Crippen LogP) is 5.29. The Kier molecular flexibility index (Phi) is 11.5. The molecule has 0 aliphatic carbocycles. The maximum Gasteiger partial charge on any atom is 0.111 e. The molecule has 1 aromatic carbocycles. The molecule has 26 heavy (non-hydrogen) atoms. The summed E-state index contributed by atoms with van der Waals surface area (Å²) < 4.78 is 22.0. The summed E-state index contributed by atoms with van der Waals surface area (Å²) in [5.74, 6) is 0. The third-order valence-electron chi connectivity index (χ3n) is 3.64. The average Bonchev–Trinajstić information content (AvgIpc) is 2.63. The average molecular weight is 363 g/mol. The van der Waals surface area contributed by atoms with Gasteiger partial charge in [-0.3, -0.25) is 0 Å². The van der Waals surface area contributed by atoms with E-state index in [0.29, 0.717) is 26.4 Å². The third-order valence-corrected chi connectivity index (χ3v) is 3.64. The van der Waals surface area contributed by atoms with Crippen LogP contribution in [0.15, 0.2) is 36.8 Å². The van der Waals surface area contributed by atoms with Crippen molar-refractivity contribution in [3.63, 3.8) is 0 Å². The molecule has 4 nitrogen and oxygen atoms in total. The van der Waals surface area contributed by atoms with Crippen molar-refractivity contribution in [3.05, 3.63) is 47.9 Å². The van der Waals surface area contributed by atoms with Crippen LogP contribution in [-0.2, 0) is 18.9 Å². The monoisotopic (exact) mass is 362 g/mol. The number of benzene rings is 1. The van der Waals surface area contributed by atoms with Crippen LogP contribution in [0.1, 0.15) is 52.2 Å². The van der Waals surface area contributed by atoms with E-state index in [2.05, 4.69) is 38.1 Å². The van der Waals surface area contributed by atoms with Crippen LogP contribution in [-0.4, -0.2) is 39.1 Å². The Balaban J connectivity index is 2.41. The minimum atomic E-state index is 0.243. The van der Waals surface area contributed by atoms with E-state index in [1.807, 2.05) is 27.0 Å². The lowest BCUT2D eigenvalue weighted by Crippen LogP contribution is -2.11. The smallest absolute Gasteiger partial charge is 0.111 e. The van der Waals surface area contributed by atoms with E-state index >= 15 is 0 Å². The zero-order valence-corrected chi connectivity index (χ0v) is 16.9. The quantitative estimate of drug-likeness (QED) is 0.353. The molecule has 0 unspecified atom stereocenters. The molecule has 0 spiro atoms. The molecule has 0 amide bonds. The molecule has 1 rings (SSSR count). The van der Waals surface area contributed by atoms with Crippen LogP contribution in [0.2, 0.25) is 0 Å². The number of hydrogen-bond acceptors (Lipinski definition) is 4. The van der Waals surface area contributed by atoms with Crippen molar-refractivity contribution in [1.82, 2.24) is 0 Å². The van der Waals surface area contributed by atoms with Gasteiger partial charge in [0.15, 0.2) is 0 Å². The van der Waals surface area contributed by atoms with Gasteiger partial charge in [-0.1, -0.05) is 25.1 Å². The summed E-state index contributed by atoms with van der Waals surface area (Å²) in [6.45, 7) is 13.3. The largest absolute Gasteiger partial charge is 0.501 e. The van der Waals surface area contributed by atoms with E-state index in [9.17, 15) is 0 Å². The first kappa shape index (κ1) is 22.3.